The van der Waals surface area contributed by atoms with E-state index in [2.05, 4.69) is 6.07 Å². The lowest BCUT2D eigenvalue weighted by molar-refractivity contribution is 0.0968. The third-order valence-corrected chi connectivity index (χ3v) is 4.67. The zero-order valence-electron chi connectivity index (χ0n) is 9.60. The fourth-order valence-corrected chi connectivity index (χ4v) is 3.69. The normalized spacial score (nSPS) is 17.5. The van der Waals surface area contributed by atoms with Gasteiger partial charge in [-0.1, -0.05) is 41.9 Å². The van der Waals surface area contributed by atoms with Crippen LogP contribution in [0.15, 0.2) is 53.4 Å². The zero-order valence-corrected chi connectivity index (χ0v) is 11.2. The van der Waals surface area contributed by atoms with Crippen molar-refractivity contribution >= 4 is 29.1 Å². The van der Waals surface area contributed by atoms with Gasteiger partial charge in [-0.25, -0.2) is 0 Å². The van der Waals surface area contributed by atoms with E-state index in [1.165, 1.54) is 4.90 Å². The topological polar surface area (TPSA) is 17.1 Å². The molecule has 0 radical (unpaired) electrons. The molecular formula is C15H11ClOS. The third kappa shape index (κ3) is 1.96. The average Bonchev–Trinajstić information content (AvgIpc) is 2.82. The van der Waals surface area contributed by atoms with Crippen LogP contribution in [0, 0.1) is 0 Å². The maximum atomic E-state index is 12.5. The number of rotatable bonds is 2. The molecule has 2 aromatic carbocycles. The minimum Gasteiger partial charge on any atom is -0.293 e. The van der Waals surface area contributed by atoms with Crippen molar-refractivity contribution < 1.29 is 4.79 Å². The second kappa shape index (κ2) is 4.79. The van der Waals surface area contributed by atoms with Crippen molar-refractivity contribution in [3.63, 3.8) is 0 Å². The van der Waals surface area contributed by atoms with Crippen molar-refractivity contribution in [3.8, 4) is 0 Å². The number of benzene rings is 2. The lowest BCUT2D eigenvalue weighted by Gasteiger charge is -2.10. The highest BCUT2D eigenvalue weighted by Gasteiger charge is 2.30. The maximum Gasteiger partial charge on any atom is 0.172 e. The van der Waals surface area contributed by atoms with E-state index in [4.69, 9.17) is 11.6 Å². The monoisotopic (exact) mass is 274 g/mol. The lowest BCUT2D eigenvalue weighted by atomic mass is 9.92. The Labute approximate surface area is 115 Å². The molecule has 1 aliphatic rings. The van der Waals surface area contributed by atoms with Gasteiger partial charge in [0.05, 0.1) is 10.9 Å². The summed E-state index contributed by atoms with van der Waals surface area (Å²) in [4.78, 5) is 13.7. The highest BCUT2D eigenvalue weighted by molar-refractivity contribution is 7.99. The molecule has 3 heteroatoms. The maximum absolute atomic E-state index is 12.5. The summed E-state index contributed by atoms with van der Waals surface area (Å²) in [5.41, 5.74) is 1.76. The molecule has 90 valence electrons. The molecule has 0 fully saturated rings. The standard InChI is InChI=1S/C15H11ClOS/c16-13-7-3-1-6-11(13)15(17)12-9-18-14-8-4-2-5-10(12)14/h1-8,12H,9H2. The largest absolute Gasteiger partial charge is 0.293 e. The Morgan fingerprint density at radius 1 is 1.11 bits per heavy atom. The first-order valence-electron chi connectivity index (χ1n) is 5.78. The van der Waals surface area contributed by atoms with Crippen molar-refractivity contribution in [2.45, 2.75) is 10.8 Å². The van der Waals surface area contributed by atoms with E-state index in [9.17, 15) is 4.79 Å². The fraction of sp³-hybridized carbons (Fsp3) is 0.133. The van der Waals surface area contributed by atoms with Gasteiger partial charge >= 0.3 is 0 Å². The molecule has 1 unspecified atom stereocenters. The number of ketones is 1. The Hall–Kier alpha value is -1.25. The second-order valence-electron chi connectivity index (χ2n) is 4.25. The number of thioether (sulfide) groups is 1. The molecule has 18 heavy (non-hydrogen) atoms. The van der Waals surface area contributed by atoms with Gasteiger partial charge in [-0.3, -0.25) is 4.79 Å². The number of fused-ring (bicyclic) bond motifs is 1. The predicted octanol–water partition coefficient (Wildman–Crippen LogP) is 4.41. The van der Waals surface area contributed by atoms with Gasteiger partial charge in [0.1, 0.15) is 0 Å². The van der Waals surface area contributed by atoms with Crippen LogP contribution in [0.5, 0.6) is 0 Å². The summed E-state index contributed by atoms with van der Waals surface area (Å²) in [6.45, 7) is 0. The van der Waals surface area contributed by atoms with Crippen LogP contribution in [0.1, 0.15) is 21.8 Å². The molecule has 0 aromatic heterocycles. The summed E-state index contributed by atoms with van der Waals surface area (Å²) in [5.74, 6) is 0.868. The van der Waals surface area contributed by atoms with Crippen LogP contribution in [0.3, 0.4) is 0 Å². The first-order chi connectivity index (χ1) is 8.77. The second-order valence-corrected chi connectivity index (χ2v) is 5.71. The number of halogens is 1. The minimum absolute atomic E-state index is 0.0638. The first-order valence-corrected chi connectivity index (χ1v) is 7.14. The van der Waals surface area contributed by atoms with Gasteiger partial charge in [-0.05, 0) is 23.8 Å². The van der Waals surface area contributed by atoms with Crippen LogP contribution in [-0.4, -0.2) is 11.5 Å². The zero-order chi connectivity index (χ0) is 12.5. The molecule has 0 bridgehead atoms. The average molecular weight is 275 g/mol. The van der Waals surface area contributed by atoms with Crippen LogP contribution in [0.2, 0.25) is 5.02 Å². The molecule has 2 aromatic rings. The summed E-state index contributed by atoms with van der Waals surface area (Å²) in [7, 11) is 0. The van der Waals surface area contributed by atoms with Crippen molar-refractivity contribution in [2.24, 2.45) is 0 Å². The third-order valence-electron chi connectivity index (χ3n) is 3.16. The van der Waals surface area contributed by atoms with E-state index in [-0.39, 0.29) is 11.7 Å². The van der Waals surface area contributed by atoms with Crippen molar-refractivity contribution in [1.29, 1.82) is 0 Å². The molecule has 1 atom stereocenters. The lowest BCUT2D eigenvalue weighted by Crippen LogP contribution is -2.12. The van der Waals surface area contributed by atoms with Crippen LogP contribution >= 0.6 is 23.4 Å². The number of hydrogen-bond acceptors (Lipinski definition) is 2. The van der Waals surface area contributed by atoms with Gasteiger partial charge < -0.3 is 0 Å². The van der Waals surface area contributed by atoms with Crippen LogP contribution in [-0.2, 0) is 0 Å². The van der Waals surface area contributed by atoms with Crippen LogP contribution in [0.25, 0.3) is 0 Å². The molecule has 0 saturated carbocycles. The van der Waals surface area contributed by atoms with Gasteiger partial charge in [-0.2, -0.15) is 0 Å². The van der Waals surface area contributed by atoms with E-state index in [0.717, 1.165) is 11.3 Å². The summed E-state index contributed by atoms with van der Waals surface area (Å²) < 4.78 is 0. The highest BCUT2D eigenvalue weighted by atomic mass is 35.5. The van der Waals surface area contributed by atoms with Gasteiger partial charge in [0, 0.05) is 16.2 Å². The Morgan fingerprint density at radius 3 is 2.67 bits per heavy atom. The summed E-state index contributed by atoms with van der Waals surface area (Å²) in [6, 6.07) is 15.4. The highest BCUT2D eigenvalue weighted by Crippen LogP contribution is 2.41. The van der Waals surface area contributed by atoms with Crippen LogP contribution in [0.4, 0.5) is 0 Å². The van der Waals surface area contributed by atoms with Crippen molar-refractivity contribution in [2.75, 3.05) is 5.75 Å². The molecule has 0 saturated heterocycles. The van der Waals surface area contributed by atoms with Crippen LogP contribution < -0.4 is 0 Å². The Balaban J connectivity index is 1.99. The van der Waals surface area contributed by atoms with E-state index < -0.39 is 0 Å². The molecule has 1 nitrogen and oxygen atoms in total. The van der Waals surface area contributed by atoms with Crippen molar-refractivity contribution in [3.05, 3.63) is 64.7 Å². The molecule has 0 amide bonds. The van der Waals surface area contributed by atoms with Gasteiger partial charge in [0.25, 0.3) is 0 Å². The van der Waals surface area contributed by atoms with Gasteiger partial charge in [-0.15, -0.1) is 11.8 Å². The van der Waals surface area contributed by atoms with E-state index in [1.807, 2.05) is 30.3 Å². The minimum atomic E-state index is -0.0638. The SMILES string of the molecule is O=C(c1ccccc1Cl)C1CSc2ccccc21. The molecular weight excluding hydrogens is 264 g/mol. The smallest absolute Gasteiger partial charge is 0.172 e. The first kappa shape index (κ1) is 11.8. The van der Waals surface area contributed by atoms with E-state index in [0.29, 0.717) is 10.6 Å². The molecule has 0 N–H and O–H groups in total. The van der Waals surface area contributed by atoms with E-state index >= 15 is 0 Å². The molecule has 1 heterocycles. The quantitative estimate of drug-likeness (QED) is 0.755. The number of carbonyl (C=O) groups is 1. The Kier molecular flexibility index (Phi) is 3.14. The molecule has 3 rings (SSSR count). The number of carbonyl (C=O) groups excluding carboxylic acids is 1. The van der Waals surface area contributed by atoms with Gasteiger partial charge in [0.15, 0.2) is 5.78 Å². The molecule has 1 aliphatic heterocycles. The van der Waals surface area contributed by atoms with Gasteiger partial charge in [0.2, 0.25) is 0 Å². The van der Waals surface area contributed by atoms with E-state index in [1.54, 1.807) is 23.9 Å². The predicted molar refractivity (Wildman–Crippen MR) is 75.7 cm³/mol. The van der Waals surface area contributed by atoms with Crippen molar-refractivity contribution in [1.82, 2.24) is 0 Å². The fourth-order valence-electron chi connectivity index (χ4n) is 2.23. The summed E-state index contributed by atoms with van der Waals surface area (Å²) in [6.07, 6.45) is 0. The summed E-state index contributed by atoms with van der Waals surface area (Å²) >= 11 is 7.84. The Bertz CT molecular complexity index is 609. The number of hydrogen-bond donors (Lipinski definition) is 0. The molecule has 0 spiro atoms. The molecule has 0 aliphatic carbocycles. The summed E-state index contributed by atoms with van der Waals surface area (Å²) in [5, 5.41) is 0.539. The Morgan fingerprint density at radius 2 is 1.83 bits per heavy atom. The number of Topliss-reactive ketones (excluding diaryl/α,β-unsaturated/α-hetero) is 1.